The molecule has 2 heterocycles. The molecule has 0 bridgehead atoms. The van der Waals surface area contributed by atoms with Gasteiger partial charge in [0.25, 0.3) is 5.56 Å². The molecule has 0 radical (unpaired) electrons. The van der Waals surface area contributed by atoms with E-state index in [1.807, 2.05) is 0 Å². The first-order chi connectivity index (χ1) is 8.15. The number of halogens is 1. The third kappa shape index (κ3) is 3.13. The van der Waals surface area contributed by atoms with Gasteiger partial charge in [-0.05, 0) is 13.0 Å². The fourth-order valence-corrected chi connectivity index (χ4v) is 2.17. The van der Waals surface area contributed by atoms with Crippen molar-refractivity contribution >= 4 is 11.8 Å². The Morgan fingerprint density at radius 2 is 2.35 bits per heavy atom. The van der Waals surface area contributed by atoms with E-state index in [2.05, 4.69) is 15.0 Å². The standard InChI is InChI=1S/C11H10FN3OS/c1-7-4-10(16)15-11(14-7)17-6-8-5-13-3-2-9(8)12/h2-5H,6H2,1H3,(H,14,15,16). The molecule has 2 aromatic rings. The molecule has 0 aliphatic carbocycles. The average molecular weight is 251 g/mol. The number of aromatic amines is 1. The molecule has 2 aromatic heterocycles. The largest absolute Gasteiger partial charge is 0.301 e. The lowest BCUT2D eigenvalue weighted by molar-refractivity contribution is 0.614. The van der Waals surface area contributed by atoms with Gasteiger partial charge in [0, 0.05) is 35.5 Å². The van der Waals surface area contributed by atoms with Gasteiger partial charge in [-0.15, -0.1) is 0 Å². The second kappa shape index (κ2) is 5.09. The first kappa shape index (κ1) is 11.8. The van der Waals surface area contributed by atoms with E-state index >= 15 is 0 Å². The van der Waals surface area contributed by atoms with Crippen LogP contribution in [0, 0.1) is 12.7 Å². The molecule has 0 atom stereocenters. The molecule has 17 heavy (non-hydrogen) atoms. The predicted octanol–water partition coefficient (Wildman–Crippen LogP) is 1.90. The number of rotatable bonds is 3. The van der Waals surface area contributed by atoms with Gasteiger partial charge in [-0.2, -0.15) is 0 Å². The van der Waals surface area contributed by atoms with E-state index in [1.54, 1.807) is 6.92 Å². The summed E-state index contributed by atoms with van der Waals surface area (Å²) in [6, 6.07) is 2.72. The number of hydrogen-bond acceptors (Lipinski definition) is 4. The highest BCUT2D eigenvalue weighted by Gasteiger charge is 2.04. The second-order valence-electron chi connectivity index (χ2n) is 3.45. The van der Waals surface area contributed by atoms with Crippen LogP contribution in [0.5, 0.6) is 0 Å². The fraction of sp³-hybridized carbons (Fsp3) is 0.182. The maximum absolute atomic E-state index is 13.3. The van der Waals surface area contributed by atoms with Gasteiger partial charge in [-0.1, -0.05) is 11.8 Å². The summed E-state index contributed by atoms with van der Waals surface area (Å²) in [6.07, 6.45) is 2.87. The topological polar surface area (TPSA) is 58.6 Å². The van der Waals surface area contributed by atoms with Crippen molar-refractivity contribution in [2.24, 2.45) is 0 Å². The minimum atomic E-state index is -0.303. The molecular weight excluding hydrogens is 241 g/mol. The molecule has 4 nitrogen and oxygen atoms in total. The molecule has 0 aliphatic heterocycles. The molecule has 0 unspecified atom stereocenters. The van der Waals surface area contributed by atoms with Gasteiger partial charge in [0.1, 0.15) is 5.82 Å². The third-order valence-electron chi connectivity index (χ3n) is 2.06. The smallest absolute Gasteiger partial charge is 0.251 e. The highest BCUT2D eigenvalue weighted by atomic mass is 32.2. The van der Waals surface area contributed by atoms with Gasteiger partial charge >= 0.3 is 0 Å². The number of pyridine rings is 1. The monoisotopic (exact) mass is 251 g/mol. The van der Waals surface area contributed by atoms with Crippen molar-refractivity contribution in [1.82, 2.24) is 15.0 Å². The molecule has 2 rings (SSSR count). The summed E-state index contributed by atoms with van der Waals surface area (Å²) >= 11 is 1.27. The molecule has 0 fully saturated rings. The molecule has 0 aliphatic rings. The zero-order valence-electron chi connectivity index (χ0n) is 9.11. The van der Waals surface area contributed by atoms with Gasteiger partial charge in [-0.3, -0.25) is 9.78 Å². The van der Waals surface area contributed by atoms with E-state index in [4.69, 9.17) is 0 Å². The highest BCUT2D eigenvalue weighted by Crippen LogP contribution is 2.19. The van der Waals surface area contributed by atoms with Crippen LogP contribution >= 0.6 is 11.8 Å². The van der Waals surface area contributed by atoms with Crippen LogP contribution < -0.4 is 5.56 Å². The predicted molar refractivity (Wildman–Crippen MR) is 63.4 cm³/mol. The maximum Gasteiger partial charge on any atom is 0.251 e. The molecule has 0 saturated carbocycles. The van der Waals surface area contributed by atoms with Crippen molar-refractivity contribution in [1.29, 1.82) is 0 Å². The van der Waals surface area contributed by atoms with Gasteiger partial charge in [0.15, 0.2) is 5.16 Å². The number of H-pyrrole nitrogens is 1. The van der Waals surface area contributed by atoms with Crippen LogP contribution in [0.25, 0.3) is 0 Å². The van der Waals surface area contributed by atoms with Crippen molar-refractivity contribution in [3.63, 3.8) is 0 Å². The molecule has 88 valence electrons. The zero-order chi connectivity index (χ0) is 12.3. The molecule has 0 spiro atoms. The molecular formula is C11H10FN3OS. The molecule has 6 heteroatoms. The van der Waals surface area contributed by atoms with Gasteiger partial charge in [0.2, 0.25) is 0 Å². The number of aromatic nitrogens is 3. The van der Waals surface area contributed by atoms with E-state index < -0.39 is 0 Å². The Morgan fingerprint density at radius 1 is 1.53 bits per heavy atom. The Kier molecular flexibility index (Phi) is 3.53. The molecule has 0 saturated heterocycles. The second-order valence-corrected chi connectivity index (χ2v) is 4.41. The van der Waals surface area contributed by atoms with Gasteiger partial charge < -0.3 is 4.98 Å². The van der Waals surface area contributed by atoms with Crippen LogP contribution in [-0.4, -0.2) is 15.0 Å². The lowest BCUT2D eigenvalue weighted by Gasteiger charge is -2.02. The van der Waals surface area contributed by atoms with Crippen molar-refractivity contribution < 1.29 is 4.39 Å². The van der Waals surface area contributed by atoms with Gasteiger partial charge in [-0.25, -0.2) is 9.37 Å². The summed E-state index contributed by atoms with van der Waals surface area (Å²) in [5, 5.41) is 0.484. The van der Waals surface area contributed by atoms with Crippen LogP contribution in [-0.2, 0) is 5.75 Å². The number of aryl methyl sites for hydroxylation is 1. The molecule has 0 aromatic carbocycles. The van der Waals surface area contributed by atoms with Gasteiger partial charge in [0.05, 0.1) is 0 Å². The number of nitrogens with one attached hydrogen (secondary N) is 1. The first-order valence-electron chi connectivity index (χ1n) is 4.94. The van der Waals surface area contributed by atoms with E-state index in [-0.39, 0.29) is 11.4 Å². The van der Waals surface area contributed by atoms with Crippen molar-refractivity contribution in [3.8, 4) is 0 Å². The minimum Gasteiger partial charge on any atom is -0.301 e. The lowest BCUT2D eigenvalue weighted by Crippen LogP contribution is -2.08. The summed E-state index contributed by atoms with van der Waals surface area (Å²) in [4.78, 5) is 21.8. The fourth-order valence-electron chi connectivity index (χ4n) is 1.28. The number of nitrogens with zero attached hydrogens (tertiary/aromatic N) is 2. The average Bonchev–Trinajstić information content (AvgIpc) is 2.27. The zero-order valence-corrected chi connectivity index (χ0v) is 9.92. The third-order valence-corrected chi connectivity index (χ3v) is 2.98. The SMILES string of the molecule is Cc1cc(=O)[nH]c(SCc2cnccc2F)n1. The summed E-state index contributed by atoms with van der Waals surface area (Å²) in [7, 11) is 0. The van der Waals surface area contributed by atoms with Crippen molar-refractivity contribution in [3.05, 3.63) is 52.0 Å². The summed E-state index contributed by atoms with van der Waals surface area (Å²) in [5.74, 6) is 0.0778. The van der Waals surface area contributed by atoms with Crippen molar-refractivity contribution in [2.75, 3.05) is 0 Å². The van der Waals surface area contributed by atoms with Crippen molar-refractivity contribution in [2.45, 2.75) is 17.8 Å². The van der Waals surface area contributed by atoms with Crippen LogP contribution in [0.1, 0.15) is 11.3 Å². The summed E-state index contributed by atoms with van der Waals surface area (Å²) in [6.45, 7) is 1.74. The Balaban J connectivity index is 2.13. The molecule has 1 N–H and O–H groups in total. The van der Waals surface area contributed by atoms with Crippen LogP contribution in [0.4, 0.5) is 4.39 Å². The summed E-state index contributed by atoms with van der Waals surface area (Å²) < 4.78 is 13.3. The summed E-state index contributed by atoms with van der Waals surface area (Å²) in [5.41, 5.74) is 0.927. The van der Waals surface area contributed by atoms with E-state index in [9.17, 15) is 9.18 Å². The van der Waals surface area contributed by atoms with Crippen LogP contribution in [0.15, 0.2) is 34.5 Å². The highest BCUT2D eigenvalue weighted by molar-refractivity contribution is 7.98. The minimum absolute atomic E-state index is 0.202. The van der Waals surface area contributed by atoms with E-state index in [1.165, 1.54) is 36.3 Å². The van der Waals surface area contributed by atoms with Crippen LogP contribution in [0.2, 0.25) is 0 Å². The quantitative estimate of drug-likeness (QED) is 0.668. The normalized spacial score (nSPS) is 10.5. The lowest BCUT2D eigenvalue weighted by atomic mass is 10.3. The Morgan fingerprint density at radius 3 is 3.06 bits per heavy atom. The molecule has 0 amide bonds. The van der Waals surface area contributed by atoms with E-state index in [0.29, 0.717) is 22.2 Å². The Labute approximate surface area is 101 Å². The first-order valence-corrected chi connectivity index (χ1v) is 5.93. The Hall–Kier alpha value is -1.69. The number of hydrogen-bond donors (Lipinski definition) is 1. The maximum atomic E-state index is 13.3. The van der Waals surface area contributed by atoms with E-state index in [0.717, 1.165) is 0 Å². The van der Waals surface area contributed by atoms with Crippen LogP contribution in [0.3, 0.4) is 0 Å². The number of thioether (sulfide) groups is 1. The Bertz CT molecular complexity index is 585.